The maximum absolute atomic E-state index is 14.3. The van der Waals surface area contributed by atoms with Crippen molar-refractivity contribution in [1.82, 2.24) is 0 Å². The summed E-state index contributed by atoms with van der Waals surface area (Å²) in [5, 5.41) is 3.49. The van der Waals surface area contributed by atoms with Crippen molar-refractivity contribution in [3.63, 3.8) is 0 Å². The number of thioether (sulfide) groups is 1. The SMILES string of the molecule is COc1cc2c(cc1OCCCOc1cc3c(cc1OC)C(=O)N1c4ccccc4C[C@H]1CN3CC(C)(C)SC)NC[C@@H]1Cc3ccccc3N1C2=O. The van der Waals surface area contributed by atoms with Crippen LogP contribution >= 0.6 is 11.8 Å². The van der Waals surface area contributed by atoms with Gasteiger partial charge in [-0.15, -0.1) is 0 Å². The molecule has 1 N–H and O–H groups in total. The molecule has 4 aliphatic heterocycles. The second-order valence-electron chi connectivity index (χ2n) is 14.7. The topological polar surface area (TPSA) is 92.8 Å². The number of para-hydroxylation sites is 2. The zero-order valence-corrected chi connectivity index (χ0v) is 31.8. The number of nitrogens with zero attached hydrogens (tertiary/aromatic N) is 3. The molecule has 0 radical (unpaired) electrons. The predicted octanol–water partition coefficient (Wildman–Crippen LogP) is 7.08. The molecule has 0 unspecified atom stereocenters. The summed E-state index contributed by atoms with van der Waals surface area (Å²) in [6, 6.07) is 23.8. The molecule has 11 heteroatoms. The zero-order chi connectivity index (χ0) is 36.9. The van der Waals surface area contributed by atoms with Gasteiger partial charge in [0.05, 0.1) is 62.0 Å². The lowest BCUT2D eigenvalue weighted by molar-refractivity contribution is 0.0975. The van der Waals surface area contributed by atoms with Gasteiger partial charge in [0.15, 0.2) is 23.0 Å². The number of anilines is 4. The average molecular weight is 735 g/mol. The Bertz CT molecular complexity index is 2070. The molecule has 0 aromatic heterocycles. The van der Waals surface area contributed by atoms with E-state index in [1.807, 2.05) is 76.2 Å². The number of benzene rings is 4. The smallest absolute Gasteiger partial charge is 0.260 e. The molecule has 0 fully saturated rings. The van der Waals surface area contributed by atoms with Crippen molar-refractivity contribution in [2.24, 2.45) is 0 Å². The Morgan fingerprint density at radius 3 is 1.94 bits per heavy atom. The van der Waals surface area contributed by atoms with Crippen LogP contribution in [-0.4, -0.2) is 82.0 Å². The summed E-state index contributed by atoms with van der Waals surface area (Å²) in [5.74, 6) is 2.09. The molecular weight excluding hydrogens is 689 g/mol. The molecule has 53 heavy (non-hydrogen) atoms. The number of rotatable bonds is 11. The Labute approximate surface area is 315 Å². The average Bonchev–Trinajstić information content (AvgIpc) is 3.66. The van der Waals surface area contributed by atoms with Crippen molar-refractivity contribution >= 4 is 46.3 Å². The number of amides is 2. The molecule has 8 rings (SSSR count). The molecule has 2 amide bonds. The second-order valence-corrected chi connectivity index (χ2v) is 16.2. The molecule has 0 aliphatic carbocycles. The highest BCUT2D eigenvalue weighted by Gasteiger charge is 2.41. The molecule has 4 aromatic rings. The number of hydrogen-bond acceptors (Lipinski definition) is 9. The van der Waals surface area contributed by atoms with E-state index in [0.717, 1.165) is 42.1 Å². The fourth-order valence-corrected chi connectivity index (χ4v) is 8.41. The third-order valence-electron chi connectivity index (χ3n) is 10.9. The van der Waals surface area contributed by atoms with Crippen LogP contribution in [0.25, 0.3) is 0 Å². The summed E-state index contributed by atoms with van der Waals surface area (Å²) < 4.78 is 24.1. The molecule has 0 spiro atoms. The number of ether oxygens (including phenoxy) is 4. The third-order valence-corrected chi connectivity index (χ3v) is 12.1. The van der Waals surface area contributed by atoms with E-state index >= 15 is 0 Å². The first-order valence-corrected chi connectivity index (χ1v) is 19.5. The molecule has 0 saturated heterocycles. The molecule has 4 aromatic carbocycles. The monoisotopic (exact) mass is 734 g/mol. The van der Waals surface area contributed by atoms with Crippen molar-refractivity contribution in [2.45, 2.75) is 49.9 Å². The molecular formula is C42H46N4O6S. The predicted molar refractivity (Wildman–Crippen MR) is 211 cm³/mol. The fourth-order valence-electron chi connectivity index (χ4n) is 8.13. The van der Waals surface area contributed by atoms with Gasteiger partial charge in [-0.2, -0.15) is 11.8 Å². The maximum Gasteiger partial charge on any atom is 0.260 e. The molecule has 276 valence electrons. The Kier molecular flexibility index (Phi) is 9.30. The standard InChI is InChI=1S/C42H46N4O6S/c1-42(2,53-5)25-44-24-29-18-27-12-7-9-14-34(27)46(29)41(48)31-20-37(50-4)39(22-35(31)44)52-16-10-15-51-38-21-32-30(19-36(38)49-3)40(47)45-28(23-43-32)17-26-11-6-8-13-33(26)45/h6-9,11-14,19-22,28-29,43H,10,15-18,23-25H2,1-5H3/t28-,29-/m0/s1. The van der Waals surface area contributed by atoms with Gasteiger partial charge in [0.25, 0.3) is 11.8 Å². The number of carbonyl (C=O) groups is 2. The normalized spacial score (nSPS) is 18.5. The zero-order valence-electron chi connectivity index (χ0n) is 30.9. The Morgan fingerprint density at radius 2 is 1.30 bits per heavy atom. The van der Waals surface area contributed by atoms with Gasteiger partial charge in [0, 0.05) is 54.3 Å². The number of hydrogen-bond donors (Lipinski definition) is 1. The van der Waals surface area contributed by atoms with E-state index in [1.165, 1.54) is 11.1 Å². The summed E-state index contributed by atoms with van der Waals surface area (Å²) in [5.41, 5.74) is 7.10. The van der Waals surface area contributed by atoms with Crippen molar-refractivity contribution < 1.29 is 28.5 Å². The van der Waals surface area contributed by atoms with Gasteiger partial charge < -0.3 is 39.0 Å². The number of carbonyl (C=O) groups excluding carboxylic acids is 2. The lowest BCUT2D eigenvalue weighted by Crippen LogP contribution is -2.45. The lowest BCUT2D eigenvalue weighted by atomic mass is 10.1. The number of fused-ring (bicyclic) bond motifs is 8. The van der Waals surface area contributed by atoms with Crippen molar-refractivity contribution in [3.8, 4) is 23.0 Å². The molecule has 10 nitrogen and oxygen atoms in total. The van der Waals surface area contributed by atoms with Crippen molar-refractivity contribution in [1.29, 1.82) is 0 Å². The van der Waals surface area contributed by atoms with Crippen LogP contribution in [0.3, 0.4) is 0 Å². The molecule has 2 atom stereocenters. The van der Waals surface area contributed by atoms with E-state index in [-0.39, 0.29) is 28.6 Å². The quantitative estimate of drug-likeness (QED) is 0.162. The second kappa shape index (κ2) is 14.1. The van der Waals surface area contributed by atoms with Crippen LogP contribution < -0.4 is 39.0 Å². The van der Waals surface area contributed by atoms with E-state index < -0.39 is 0 Å². The molecule has 0 saturated carbocycles. The van der Waals surface area contributed by atoms with Gasteiger partial charge in [-0.25, -0.2) is 0 Å². The molecule has 4 aliphatic rings. The Morgan fingerprint density at radius 1 is 0.736 bits per heavy atom. The highest BCUT2D eigenvalue weighted by Crippen LogP contribution is 2.44. The summed E-state index contributed by atoms with van der Waals surface area (Å²) in [7, 11) is 3.19. The molecule has 4 heterocycles. The summed E-state index contributed by atoms with van der Waals surface area (Å²) in [6.45, 7) is 7.32. The van der Waals surface area contributed by atoms with Crippen molar-refractivity contribution in [2.75, 3.05) is 73.3 Å². The first-order valence-electron chi connectivity index (χ1n) is 18.3. The van der Waals surface area contributed by atoms with Gasteiger partial charge >= 0.3 is 0 Å². The highest BCUT2D eigenvalue weighted by atomic mass is 32.2. The van der Waals surface area contributed by atoms with E-state index in [2.05, 4.69) is 42.5 Å². The van der Waals surface area contributed by atoms with Gasteiger partial charge in [-0.1, -0.05) is 36.4 Å². The van der Waals surface area contributed by atoms with Gasteiger partial charge in [-0.05, 0) is 68.3 Å². The summed E-state index contributed by atoms with van der Waals surface area (Å²) in [6.07, 6.45) is 4.34. The minimum absolute atomic E-state index is 0.0197. The van der Waals surface area contributed by atoms with Crippen LogP contribution in [-0.2, 0) is 12.8 Å². The van der Waals surface area contributed by atoms with Crippen LogP contribution in [0, 0.1) is 0 Å². The molecule has 0 bridgehead atoms. The fraction of sp³-hybridized carbons (Fsp3) is 0.381. The van der Waals surface area contributed by atoms with Gasteiger partial charge in [0.1, 0.15) is 0 Å². The summed E-state index contributed by atoms with van der Waals surface area (Å²) in [4.78, 5) is 34.3. The van der Waals surface area contributed by atoms with Crippen LogP contribution in [0.4, 0.5) is 22.7 Å². The first kappa shape index (κ1) is 35.0. The van der Waals surface area contributed by atoms with Gasteiger partial charge in [0.2, 0.25) is 0 Å². The minimum Gasteiger partial charge on any atom is -0.493 e. The lowest BCUT2D eigenvalue weighted by Gasteiger charge is -2.34. The van der Waals surface area contributed by atoms with Crippen LogP contribution in [0.1, 0.15) is 52.1 Å². The van der Waals surface area contributed by atoms with E-state index in [0.29, 0.717) is 66.8 Å². The maximum atomic E-state index is 14.3. The highest BCUT2D eigenvalue weighted by molar-refractivity contribution is 7.99. The minimum atomic E-state index is -0.0459. The Hall–Kier alpha value is -5.03. The van der Waals surface area contributed by atoms with E-state index in [4.69, 9.17) is 18.9 Å². The summed E-state index contributed by atoms with van der Waals surface area (Å²) >= 11 is 1.82. The van der Waals surface area contributed by atoms with E-state index in [9.17, 15) is 9.59 Å². The largest absolute Gasteiger partial charge is 0.493 e. The third kappa shape index (κ3) is 6.38. The Balaban J connectivity index is 0.983. The number of nitrogens with one attached hydrogen (secondary N) is 1. The van der Waals surface area contributed by atoms with E-state index in [1.54, 1.807) is 20.3 Å². The van der Waals surface area contributed by atoms with Crippen LogP contribution in [0.5, 0.6) is 23.0 Å². The number of methoxy groups -OCH3 is 2. The van der Waals surface area contributed by atoms with Gasteiger partial charge in [-0.3, -0.25) is 9.59 Å². The first-order chi connectivity index (χ1) is 25.7. The van der Waals surface area contributed by atoms with Crippen LogP contribution in [0.2, 0.25) is 0 Å². The van der Waals surface area contributed by atoms with Crippen LogP contribution in [0.15, 0.2) is 72.8 Å². The van der Waals surface area contributed by atoms with Crippen molar-refractivity contribution in [3.05, 3.63) is 95.1 Å².